The normalized spacial score (nSPS) is 18.1. The van der Waals surface area contributed by atoms with Gasteiger partial charge in [-0.15, -0.1) is 12.4 Å². The Hall–Kier alpha value is -1.91. The van der Waals surface area contributed by atoms with Crippen LogP contribution in [0.4, 0.5) is 0 Å². The number of ether oxygens (including phenoxy) is 2. The van der Waals surface area contributed by atoms with Gasteiger partial charge in [-0.2, -0.15) is 0 Å². The molecule has 2 aromatic carbocycles. The van der Waals surface area contributed by atoms with Crippen LogP contribution < -0.4 is 9.47 Å². The molecule has 0 unspecified atom stereocenters. The Kier molecular flexibility index (Phi) is 4.37. The molecule has 128 valence electrons. The van der Waals surface area contributed by atoms with Crippen molar-refractivity contribution in [3.8, 4) is 23.0 Å². The highest BCUT2D eigenvalue weighted by Crippen LogP contribution is 2.55. The standard InChI is InChI=1S/C19H21NO3.ClH/c1-20-10-8-19(9-11-20)14-7-6-13(22-2)12-17(14)23-18-15(19)4-3-5-16(18)21;/h3-7,12,21H,8-11H2,1-2H3;1H. The fourth-order valence-corrected chi connectivity index (χ4v) is 3.91. The lowest BCUT2D eigenvalue weighted by atomic mass is 9.66. The lowest BCUT2D eigenvalue weighted by Gasteiger charge is -2.45. The summed E-state index contributed by atoms with van der Waals surface area (Å²) < 4.78 is 11.4. The van der Waals surface area contributed by atoms with Crippen molar-refractivity contribution in [1.82, 2.24) is 4.90 Å². The van der Waals surface area contributed by atoms with E-state index in [1.807, 2.05) is 18.2 Å². The van der Waals surface area contributed by atoms with Crippen LogP contribution in [-0.2, 0) is 5.41 Å². The lowest BCUT2D eigenvalue weighted by Crippen LogP contribution is -2.43. The van der Waals surface area contributed by atoms with Crippen molar-refractivity contribution in [3.63, 3.8) is 0 Å². The highest BCUT2D eigenvalue weighted by Gasteiger charge is 2.44. The largest absolute Gasteiger partial charge is 0.504 e. The van der Waals surface area contributed by atoms with Crippen LogP contribution in [0.3, 0.4) is 0 Å². The number of methoxy groups -OCH3 is 1. The molecular formula is C19H22ClNO3. The Balaban J connectivity index is 0.00000169. The van der Waals surface area contributed by atoms with Crippen molar-refractivity contribution >= 4 is 12.4 Å². The molecule has 4 rings (SSSR count). The third-order valence-electron chi connectivity index (χ3n) is 5.27. The maximum atomic E-state index is 10.3. The predicted octanol–water partition coefficient (Wildman–Crippen LogP) is 3.94. The second-order valence-corrected chi connectivity index (χ2v) is 6.50. The molecule has 0 radical (unpaired) electrons. The molecule has 1 fully saturated rings. The first-order valence-corrected chi connectivity index (χ1v) is 8.01. The van der Waals surface area contributed by atoms with Crippen LogP contribution in [0.2, 0.25) is 0 Å². The van der Waals surface area contributed by atoms with Gasteiger partial charge in [-0.1, -0.05) is 18.2 Å². The van der Waals surface area contributed by atoms with E-state index in [0.717, 1.165) is 43.0 Å². The molecule has 1 saturated heterocycles. The Labute approximate surface area is 148 Å². The number of nitrogens with zero attached hydrogens (tertiary/aromatic N) is 1. The van der Waals surface area contributed by atoms with E-state index in [2.05, 4.69) is 24.1 Å². The zero-order chi connectivity index (χ0) is 16.0. The highest BCUT2D eigenvalue weighted by molar-refractivity contribution is 5.85. The Morgan fingerprint density at radius 3 is 2.58 bits per heavy atom. The summed E-state index contributed by atoms with van der Waals surface area (Å²) in [6, 6.07) is 11.7. The molecule has 5 heteroatoms. The fourth-order valence-electron chi connectivity index (χ4n) is 3.91. The number of aromatic hydroxyl groups is 1. The third kappa shape index (κ3) is 2.41. The highest BCUT2D eigenvalue weighted by atomic mass is 35.5. The van der Waals surface area contributed by atoms with E-state index in [9.17, 15) is 5.11 Å². The zero-order valence-electron chi connectivity index (χ0n) is 13.9. The summed E-state index contributed by atoms with van der Waals surface area (Å²) in [6.45, 7) is 2.06. The maximum Gasteiger partial charge on any atom is 0.173 e. The van der Waals surface area contributed by atoms with E-state index in [1.165, 1.54) is 5.56 Å². The van der Waals surface area contributed by atoms with Gasteiger partial charge >= 0.3 is 0 Å². The van der Waals surface area contributed by atoms with Gasteiger partial charge in [0.1, 0.15) is 11.5 Å². The first-order chi connectivity index (χ1) is 11.1. The molecular weight excluding hydrogens is 326 g/mol. The molecule has 1 spiro atoms. The van der Waals surface area contributed by atoms with Crippen LogP contribution >= 0.6 is 12.4 Å². The summed E-state index contributed by atoms with van der Waals surface area (Å²) in [5, 5.41) is 10.3. The molecule has 1 N–H and O–H groups in total. The summed E-state index contributed by atoms with van der Waals surface area (Å²) in [7, 11) is 3.81. The van der Waals surface area contributed by atoms with Crippen LogP contribution in [0.1, 0.15) is 24.0 Å². The summed E-state index contributed by atoms with van der Waals surface area (Å²) in [5.74, 6) is 2.36. The van der Waals surface area contributed by atoms with Crippen molar-refractivity contribution in [2.45, 2.75) is 18.3 Å². The molecule has 4 nitrogen and oxygen atoms in total. The molecule has 2 aliphatic heterocycles. The van der Waals surface area contributed by atoms with Gasteiger partial charge < -0.3 is 19.5 Å². The van der Waals surface area contributed by atoms with Gasteiger partial charge in [0.05, 0.1) is 7.11 Å². The monoisotopic (exact) mass is 347 g/mol. The predicted molar refractivity (Wildman–Crippen MR) is 95.9 cm³/mol. The third-order valence-corrected chi connectivity index (χ3v) is 5.27. The SMILES string of the molecule is COc1ccc2c(c1)Oc1c(O)cccc1C21CCN(C)CC1.Cl. The Morgan fingerprint density at radius 2 is 1.88 bits per heavy atom. The van der Waals surface area contributed by atoms with Crippen molar-refractivity contribution in [2.24, 2.45) is 0 Å². The van der Waals surface area contributed by atoms with Gasteiger partial charge in [-0.25, -0.2) is 0 Å². The molecule has 2 aliphatic rings. The Bertz CT molecular complexity index is 754. The Morgan fingerprint density at radius 1 is 1.12 bits per heavy atom. The van der Waals surface area contributed by atoms with Gasteiger partial charge in [0.2, 0.25) is 0 Å². The zero-order valence-corrected chi connectivity index (χ0v) is 14.7. The molecule has 24 heavy (non-hydrogen) atoms. The fraction of sp³-hybridized carbons (Fsp3) is 0.368. The van der Waals surface area contributed by atoms with Gasteiger partial charge in [-0.05, 0) is 45.1 Å². The minimum absolute atomic E-state index is 0. The number of para-hydroxylation sites is 1. The number of hydrogen-bond donors (Lipinski definition) is 1. The lowest BCUT2D eigenvalue weighted by molar-refractivity contribution is 0.201. The molecule has 2 aromatic rings. The van der Waals surface area contributed by atoms with Crippen LogP contribution in [-0.4, -0.2) is 37.3 Å². The average Bonchev–Trinajstić information content (AvgIpc) is 2.58. The van der Waals surface area contributed by atoms with Crippen LogP contribution in [0.15, 0.2) is 36.4 Å². The molecule has 0 amide bonds. The number of likely N-dealkylation sites (tertiary alicyclic amines) is 1. The van der Waals surface area contributed by atoms with Crippen LogP contribution in [0.5, 0.6) is 23.0 Å². The van der Waals surface area contributed by atoms with E-state index in [1.54, 1.807) is 13.2 Å². The van der Waals surface area contributed by atoms with E-state index >= 15 is 0 Å². The number of rotatable bonds is 1. The molecule has 0 aliphatic carbocycles. The summed E-state index contributed by atoms with van der Waals surface area (Å²) >= 11 is 0. The topological polar surface area (TPSA) is 41.9 Å². The van der Waals surface area contributed by atoms with Crippen molar-refractivity contribution in [3.05, 3.63) is 47.5 Å². The van der Waals surface area contributed by atoms with Gasteiger partial charge in [-0.3, -0.25) is 0 Å². The van der Waals surface area contributed by atoms with Crippen LogP contribution in [0, 0.1) is 0 Å². The molecule has 2 heterocycles. The van der Waals surface area contributed by atoms with Crippen molar-refractivity contribution in [1.29, 1.82) is 0 Å². The first kappa shape index (κ1) is 16.9. The molecule has 0 aromatic heterocycles. The quantitative estimate of drug-likeness (QED) is 0.848. The van der Waals surface area contributed by atoms with Crippen molar-refractivity contribution < 1.29 is 14.6 Å². The minimum Gasteiger partial charge on any atom is -0.504 e. The van der Waals surface area contributed by atoms with Gasteiger partial charge in [0.15, 0.2) is 11.5 Å². The van der Waals surface area contributed by atoms with Crippen molar-refractivity contribution in [2.75, 3.05) is 27.2 Å². The molecule has 0 atom stereocenters. The number of hydrogen-bond acceptors (Lipinski definition) is 4. The molecule has 0 saturated carbocycles. The van der Waals surface area contributed by atoms with Gasteiger partial charge in [0, 0.05) is 22.6 Å². The minimum atomic E-state index is -0.0968. The number of benzene rings is 2. The van der Waals surface area contributed by atoms with E-state index in [0.29, 0.717) is 5.75 Å². The van der Waals surface area contributed by atoms with Gasteiger partial charge in [0.25, 0.3) is 0 Å². The number of phenolic OH excluding ortho intramolecular Hbond substituents is 1. The number of halogens is 1. The summed E-state index contributed by atoms with van der Waals surface area (Å²) in [6.07, 6.45) is 2.03. The number of piperidine rings is 1. The number of fused-ring (bicyclic) bond motifs is 4. The number of phenols is 1. The first-order valence-electron chi connectivity index (χ1n) is 8.01. The smallest absolute Gasteiger partial charge is 0.173 e. The van der Waals surface area contributed by atoms with E-state index in [-0.39, 0.29) is 23.6 Å². The van der Waals surface area contributed by atoms with E-state index < -0.39 is 0 Å². The summed E-state index contributed by atoms with van der Waals surface area (Å²) in [4.78, 5) is 2.35. The average molecular weight is 348 g/mol. The second-order valence-electron chi connectivity index (χ2n) is 6.50. The second kappa shape index (κ2) is 6.19. The van der Waals surface area contributed by atoms with Crippen LogP contribution in [0.25, 0.3) is 0 Å². The maximum absolute atomic E-state index is 10.3. The summed E-state index contributed by atoms with van der Waals surface area (Å²) in [5.41, 5.74) is 2.20. The van der Waals surface area contributed by atoms with E-state index in [4.69, 9.17) is 9.47 Å². The molecule has 0 bridgehead atoms.